The van der Waals surface area contributed by atoms with Crippen LogP contribution in [0.25, 0.3) is 0 Å². The molecule has 8 heteroatoms. The molecule has 3 aliphatic rings. The molecule has 0 spiro atoms. The maximum absolute atomic E-state index is 15.0. The SMILES string of the molecule is CC1CNCC(C)C1c1c(F)c(F)c(F)c2c1CN(C1CCC(=O)NC1=O)C2. The first-order chi connectivity index (χ1) is 13.3. The van der Waals surface area contributed by atoms with Gasteiger partial charge in [-0.1, -0.05) is 13.8 Å². The summed E-state index contributed by atoms with van der Waals surface area (Å²) in [6.45, 7) is 5.53. The third kappa shape index (κ3) is 3.03. The zero-order chi connectivity index (χ0) is 20.2. The van der Waals surface area contributed by atoms with Crippen molar-refractivity contribution in [2.24, 2.45) is 11.8 Å². The smallest absolute Gasteiger partial charge is 0.243 e. The van der Waals surface area contributed by atoms with Gasteiger partial charge in [-0.2, -0.15) is 0 Å². The Kier molecular flexibility index (Phi) is 4.95. The summed E-state index contributed by atoms with van der Waals surface area (Å²) in [5.41, 5.74) is 0.855. The number of nitrogens with one attached hydrogen (secondary N) is 2. The maximum Gasteiger partial charge on any atom is 0.243 e. The third-order valence-corrected chi connectivity index (χ3v) is 6.44. The van der Waals surface area contributed by atoms with Gasteiger partial charge in [0.25, 0.3) is 0 Å². The van der Waals surface area contributed by atoms with Gasteiger partial charge in [0.1, 0.15) is 0 Å². The Labute approximate surface area is 161 Å². The highest BCUT2D eigenvalue weighted by atomic mass is 19.2. The molecular weight excluding hydrogens is 371 g/mol. The van der Waals surface area contributed by atoms with Crippen molar-refractivity contribution in [1.82, 2.24) is 15.5 Å². The fraction of sp³-hybridized carbons (Fsp3) is 0.600. The van der Waals surface area contributed by atoms with E-state index < -0.39 is 29.4 Å². The van der Waals surface area contributed by atoms with E-state index in [2.05, 4.69) is 10.6 Å². The van der Waals surface area contributed by atoms with Gasteiger partial charge in [0.05, 0.1) is 6.04 Å². The summed E-state index contributed by atoms with van der Waals surface area (Å²) in [5.74, 6) is -4.57. The molecule has 3 atom stereocenters. The Bertz CT molecular complexity index is 835. The quantitative estimate of drug-likeness (QED) is 0.595. The van der Waals surface area contributed by atoms with Crippen LogP contribution in [0.15, 0.2) is 0 Å². The Morgan fingerprint density at radius 3 is 2.21 bits per heavy atom. The van der Waals surface area contributed by atoms with E-state index in [0.717, 1.165) is 0 Å². The van der Waals surface area contributed by atoms with Crippen molar-refractivity contribution in [2.75, 3.05) is 13.1 Å². The van der Waals surface area contributed by atoms with Crippen LogP contribution in [0.2, 0.25) is 0 Å². The minimum absolute atomic E-state index is 0.0331. The first-order valence-electron chi connectivity index (χ1n) is 9.76. The van der Waals surface area contributed by atoms with Crippen molar-refractivity contribution >= 4 is 11.8 Å². The average Bonchev–Trinajstić information content (AvgIpc) is 3.07. The molecular formula is C20H24F3N3O2. The van der Waals surface area contributed by atoms with Gasteiger partial charge >= 0.3 is 0 Å². The first-order valence-corrected chi connectivity index (χ1v) is 9.76. The molecule has 0 saturated carbocycles. The second-order valence-corrected chi connectivity index (χ2v) is 8.32. The molecule has 1 aromatic rings. The molecule has 2 amide bonds. The number of benzene rings is 1. The third-order valence-electron chi connectivity index (χ3n) is 6.44. The van der Waals surface area contributed by atoms with Crippen LogP contribution in [-0.4, -0.2) is 35.8 Å². The summed E-state index contributed by atoms with van der Waals surface area (Å²) < 4.78 is 44.0. The number of imide groups is 1. The van der Waals surface area contributed by atoms with Crippen LogP contribution >= 0.6 is 0 Å². The Balaban J connectivity index is 1.74. The van der Waals surface area contributed by atoms with E-state index in [9.17, 15) is 22.8 Å². The number of fused-ring (bicyclic) bond motifs is 1. The van der Waals surface area contributed by atoms with Crippen molar-refractivity contribution in [3.63, 3.8) is 0 Å². The van der Waals surface area contributed by atoms with Crippen LogP contribution in [0.3, 0.4) is 0 Å². The van der Waals surface area contributed by atoms with Crippen molar-refractivity contribution in [1.29, 1.82) is 0 Å². The number of halogens is 3. The normalized spacial score (nSPS) is 31.0. The zero-order valence-corrected chi connectivity index (χ0v) is 15.9. The molecule has 0 aliphatic carbocycles. The van der Waals surface area contributed by atoms with Gasteiger partial charge in [0.2, 0.25) is 11.8 Å². The molecule has 1 aromatic carbocycles. The lowest BCUT2D eigenvalue weighted by Crippen LogP contribution is -2.50. The summed E-state index contributed by atoms with van der Waals surface area (Å²) in [7, 11) is 0. The van der Waals surface area contributed by atoms with Gasteiger partial charge < -0.3 is 5.32 Å². The Hall–Kier alpha value is -1.93. The molecule has 28 heavy (non-hydrogen) atoms. The van der Waals surface area contributed by atoms with Crippen molar-refractivity contribution in [3.8, 4) is 0 Å². The fourth-order valence-corrected chi connectivity index (χ4v) is 5.10. The molecule has 5 nitrogen and oxygen atoms in total. The number of hydrogen-bond acceptors (Lipinski definition) is 4. The second kappa shape index (κ2) is 7.15. The summed E-state index contributed by atoms with van der Waals surface area (Å²) in [6, 6.07) is -0.605. The zero-order valence-electron chi connectivity index (χ0n) is 15.9. The highest BCUT2D eigenvalue weighted by molar-refractivity contribution is 6.00. The van der Waals surface area contributed by atoms with Crippen molar-refractivity contribution in [2.45, 2.75) is 51.7 Å². The molecule has 152 valence electrons. The summed E-state index contributed by atoms with van der Waals surface area (Å²) >= 11 is 0. The Morgan fingerprint density at radius 2 is 1.57 bits per heavy atom. The minimum atomic E-state index is -1.43. The van der Waals surface area contributed by atoms with Crippen LogP contribution in [0.1, 0.15) is 49.3 Å². The molecule has 0 radical (unpaired) electrons. The van der Waals surface area contributed by atoms with E-state index in [-0.39, 0.29) is 54.3 Å². The lowest BCUT2D eigenvalue weighted by atomic mass is 9.73. The first kappa shape index (κ1) is 19.4. The topological polar surface area (TPSA) is 61.4 Å². The predicted molar refractivity (Wildman–Crippen MR) is 95.7 cm³/mol. The molecule has 2 fully saturated rings. The second-order valence-electron chi connectivity index (χ2n) is 8.32. The number of carbonyl (C=O) groups excluding carboxylic acids is 2. The van der Waals surface area contributed by atoms with Crippen LogP contribution in [-0.2, 0) is 22.7 Å². The van der Waals surface area contributed by atoms with Crippen LogP contribution in [0, 0.1) is 29.3 Å². The molecule has 2 N–H and O–H groups in total. The molecule has 3 aliphatic heterocycles. The molecule has 0 bridgehead atoms. The minimum Gasteiger partial charge on any atom is -0.316 e. The monoisotopic (exact) mass is 395 g/mol. The number of hydrogen-bond donors (Lipinski definition) is 2. The molecule has 0 aromatic heterocycles. The van der Waals surface area contributed by atoms with Gasteiger partial charge in [0, 0.05) is 25.1 Å². The summed E-state index contributed by atoms with van der Waals surface area (Å²) in [4.78, 5) is 25.4. The number of nitrogens with zero attached hydrogens (tertiary/aromatic N) is 1. The number of carbonyl (C=O) groups is 2. The molecule has 3 unspecified atom stereocenters. The summed E-state index contributed by atoms with van der Waals surface area (Å²) in [5, 5.41) is 5.57. The van der Waals surface area contributed by atoms with Gasteiger partial charge in [-0.05, 0) is 48.4 Å². The summed E-state index contributed by atoms with van der Waals surface area (Å²) in [6.07, 6.45) is 0.518. The van der Waals surface area contributed by atoms with E-state index in [1.807, 2.05) is 13.8 Å². The number of piperidine rings is 2. The van der Waals surface area contributed by atoms with E-state index in [0.29, 0.717) is 25.1 Å². The predicted octanol–water partition coefficient (Wildman–Crippen LogP) is 2.18. The van der Waals surface area contributed by atoms with E-state index in [1.54, 1.807) is 4.90 Å². The van der Waals surface area contributed by atoms with E-state index in [4.69, 9.17) is 0 Å². The van der Waals surface area contributed by atoms with Crippen molar-refractivity contribution in [3.05, 3.63) is 34.1 Å². The largest absolute Gasteiger partial charge is 0.316 e. The Morgan fingerprint density at radius 1 is 0.929 bits per heavy atom. The van der Waals surface area contributed by atoms with Gasteiger partial charge in [0.15, 0.2) is 17.5 Å². The number of amides is 2. The lowest BCUT2D eigenvalue weighted by molar-refractivity contribution is -0.137. The van der Waals surface area contributed by atoms with Gasteiger partial charge in [-0.3, -0.25) is 19.8 Å². The van der Waals surface area contributed by atoms with Gasteiger partial charge in [-0.15, -0.1) is 0 Å². The highest BCUT2D eigenvalue weighted by Gasteiger charge is 2.42. The van der Waals surface area contributed by atoms with Crippen LogP contribution < -0.4 is 10.6 Å². The molecule has 2 saturated heterocycles. The van der Waals surface area contributed by atoms with Crippen molar-refractivity contribution < 1.29 is 22.8 Å². The average molecular weight is 395 g/mol. The molecule has 4 rings (SSSR count). The molecule has 3 heterocycles. The van der Waals surface area contributed by atoms with E-state index >= 15 is 0 Å². The highest BCUT2D eigenvalue weighted by Crippen LogP contribution is 2.43. The van der Waals surface area contributed by atoms with E-state index in [1.165, 1.54) is 0 Å². The van der Waals surface area contributed by atoms with Crippen LogP contribution in [0.5, 0.6) is 0 Å². The number of rotatable bonds is 2. The maximum atomic E-state index is 15.0. The van der Waals surface area contributed by atoms with Crippen LogP contribution in [0.4, 0.5) is 13.2 Å². The lowest BCUT2D eigenvalue weighted by Gasteiger charge is -2.37. The van der Waals surface area contributed by atoms with Gasteiger partial charge in [-0.25, -0.2) is 13.2 Å². The fourth-order valence-electron chi connectivity index (χ4n) is 5.10. The standard InChI is InChI=1S/C20H24F3N3O2/c1-9-5-24-6-10(2)15(9)16-11-7-26(13-3-4-14(27)25-20(13)28)8-12(11)17(21)19(23)18(16)22/h9-10,13,15,24H,3-8H2,1-2H3,(H,25,27,28).